The Bertz CT molecular complexity index is 1420. The SMILES string of the molecule is CN(C)S(=O)(=O)c1cc(-c2ccc3c(c2)CN(c2ncnc4c2CC(C)(C)CC4)CCO3)cnc1N. The zero-order valence-corrected chi connectivity index (χ0v) is 22.0. The molecular formula is C26H32N6O3S. The molecule has 1 aliphatic carbocycles. The van der Waals surface area contributed by atoms with Gasteiger partial charge in [0.25, 0.3) is 0 Å². The largest absolute Gasteiger partial charge is 0.491 e. The van der Waals surface area contributed by atoms with Gasteiger partial charge in [-0.1, -0.05) is 19.9 Å². The third-order valence-corrected chi connectivity index (χ3v) is 8.86. The van der Waals surface area contributed by atoms with Gasteiger partial charge in [0, 0.05) is 49.2 Å². The summed E-state index contributed by atoms with van der Waals surface area (Å²) >= 11 is 0. The minimum absolute atomic E-state index is 0.00644. The Hall–Kier alpha value is -3.24. The maximum atomic E-state index is 12.7. The summed E-state index contributed by atoms with van der Waals surface area (Å²) in [7, 11) is -0.776. The third-order valence-electron chi connectivity index (χ3n) is 7.02. The van der Waals surface area contributed by atoms with Crippen LogP contribution in [0.1, 0.15) is 37.1 Å². The summed E-state index contributed by atoms with van der Waals surface area (Å²) < 4.78 is 32.7. The quantitative estimate of drug-likeness (QED) is 0.571. The lowest BCUT2D eigenvalue weighted by Gasteiger charge is -2.33. The number of nitrogens with two attached hydrogens (primary N) is 1. The Morgan fingerprint density at radius 2 is 1.92 bits per heavy atom. The van der Waals surface area contributed by atoms with E-state index in [0.717, 1.165) is 52.0 Å². The number of nitrogen functional groups attached to an aromatic ring is 1. The average molecular weight is 509 g/mol. The Balaban J connectivity index is 1.51. The van der Waals surface area contributed by atoms with Crippen molar-refractivity contribution in [1.29, 1.82) is 0 Å². The van der Waals surface area contributed by atoms with Gasteiger partial charge in [-0.3, -0.25) is 0 Å². The second-order valence-corrected chi connectivity index (χ2v) is 12.6. The Labute approximate surface area is 212 Å². The molecule has 2 aliphatic rings. The lowest BCUT2D eigenvalue weighted by atomic mass is 9.76. The lowest BCUT2D eigenvalue weighted by Crippen LogP contribution is -2.31. The van der Waals surface area contributed by atoms with E-state index in [9.17, 15) is 8.42 Å². The van der Waals surface area contributed by atoms with E-state index in [-0.39, 0.29) is 16.1 Å². The Morgan fingerprint density at radius 3 is 2.69 bits per heavy atom. The molecule has 10 heteroatoms. The van der Waals surface area contributed by atoms with Crippen molar-refractivity contribution < 1.29 is 13.2 Å². The number of anilines is 2. The number of ether oxygens (including phenoxy) is 1. The molecule has 5 rings (SSSR count). The number of pyridine rings is 1. The zero-order valence-electron chi connectivity index (χ0n) is 21.2. The van der Waals surface area contributed by atoms with Crippen LogP contribution in [0.25, 0.3) is 11.1 Å². The number of hydrogen-bond donors (Lipinski definition) is 1. The number of fused-ring (bicyclic) bond motifs is 2. The van der Waals surface area contributed by atoms with E-state index in [2.05, 4.69) is 28.7 Å². The van der Waals surface area contributed by atoms with Crippen LogP contribution in [0.4, 0.5) is 11.6 Å². The van der Waals surface area contributed by atoms with Gasteiger partial charge >= 0.3 is 0 Å². The van der Waals surface area contributed by atoms with Crippen LogP contribution >= 0.6 is 0 Å². The van der Waals surface area contributed by atoms with Crippen molar-refractivity contribution in [3.05, 3.63) is 53.6 Å². The monoisotopic (exact) mass is 508 g/mol. The molecule has 0 saturated heterocycles. The van der Waals surface area contributed by atoms with Gasteiger partial charge in [0.05, 0.1) is 6.54 Å². The van der Waals surface area contributed by atoms with Crippen LogP contribution in [-0.2, 0) is 29.4 Å². The fourth-order valence-electron chi connectivity index (χ4n) is 4.90. The van der Waals surface area contributed by atoms with E-state index in [1.54, 1.807) is 18.6 Å². The second-order valence-electron chi connectivity index (χ2n) is 10.5. The predicted molar refractivity (Wildman–Crippen MR) is 139 cm³/mol. The highest BCUT2D eigenvalue weighted by Crippen LogP contribution is 2.39. The molecule has 1 aromatic carbocycles. The fraction of sp³-hybridized carbons (Fsp3) is 0.423. The minimum atomic E-state index is -3.73. The molecule has 3 heterocycles. The number of hydrogen-bond acceptors (Lipinski definition) is 8. The first-order chi connectivity index (χ1) is 17.0. The molecule has 190 valence electrons. The molecule has 2 aromatic heterocycles. The van der Waals surface area contributed by atoms with Crippen molar-refractivity contribution in [2.24, 2.45) is 5.41 Å². The molecule has 0 saturated carbocycles. The second kappa shape index (κ2) is 9.01. The third kappa shape index (κ3) is 4.51. The Kier molecular flexibility index (Phi) is 6.12. The van der Waals surface area contributed by atoms with E-state index in [1.165, 1.54) is 19.7 Å². The average Bonchev–Trinajstić information content (AvgIpc) is 3.05. The van der Waals surface area contributed by atoms with Gasteiger partial charge in [-0.25, -0.2) is 27.7 Å². The fourth-order valence-corrected chi connectivity index (χ4v) is 5.89. The molecule has 0 fully saturated rings. The zero-order chi connectivity index (χ0) is 25.7. The topological polar surface area (TPSA) is 115 Å². The normalized spacial score (nSPS) is 17.2. The molecular weight excluding hydrogens is 476 g/mol. The van der Waals surface area contributed by atoms with Gasteiger partial charge in [-0.2, -0.15) is 0 Å². The molecule has 0 amide bonds. The highest BCUT2D eigenvalue weighted by atomic mass is 32.2. The first kappa shape index (κ1) is 24.5. The van der Waals surface area contributed by atoms with Gasteiger partial charge < -0.3 is 15.4 Å². The highest BCUT2D eigenvalue weighted by molar-refractivity contribution is 7.89. The van der Waals surface area contributed by atoms with Crippen molar-refractivity contribution in [3.8, 4) is 16.9 Å². The molecule has 0 spiro atoms. The van der Waals surface area contributed by atoms with Crippen molar-refractivity contribution in [2.45, 2.75) is 44.6 Å². The first-order valence-corrected chi connectivity index (χ1v) is 13.5. The number of aryl methyl sites for hydroxylation is 1. The number of benzene rings is 1. The van der Waals surface area contributed by atoms with E-state index in [0.29, 0.717) is 25.3 Å². The smallest absolute Gasteiger partial charge is 0.246 e. The molecule has 1 aliphatic heterocycles. The summed E-state index contributed by atoms with van der Waals surface area (Å²) in [6.07, 6.45) is 6.30. The van der Waals surface area contributed by atoms with Gasteiger partial charge in [-0.05, 0) is 48.4 Å². The molecule has 0 radical (unpaired) electrons. The summed E-state index contributed by atoms with van der Waals surface area (Å²) in [5.41, 5.74) is 11.0. The van der Waals surface area contributed by atoms with Crippen LogP contribution in [0.5, 0.6) is 5.75 Å². The number of aromatic nitrogens is 3. The minimum Gasteiger partial charge on any atom is -0.491 e. The number of nitrogens with zero attached hydrogens (tertiary/aromatic N) is 5. The molecule has 3 aromatic rings. The summed E-state index contributed by atoms with van der Waals surface area (Å²) in [6, 6.07) is 7.47. The van der Waals surface area contributed by atoms with Crippen LogP contribution in [-0.4, -0.2) is 54.9 Å². The Morgan fingerprint density at radius 1 is 1.11 bits per heavy atom. The van der Waals surface area contributed by atoms with Crippen molar-refractivity contribution in [1.82, 2.24) is 19.3 Å². The van der Waals surface area contributed by atoms with Crippen LogP contribution < -0.4 is 15.4 Å². The van der Waals surface area contributed by atoms with Crippen LogP contribution in [0, 0.1) is 5.41 Å². The first-order valence-electron chi connectivity index (χ1n) is 12.1. The molecule has 0 atom stereocenters. The summed E-state index contributed by atoms with van der Waals surface area (Å²) in [5, 5.41) is 0. The summed E-state index contributed by atoms with van der Waals surface area (Å²) in [4.78, 5) is 15.7. The summed E-state index contributed by atoms with van der Waals surface area (Å²) in [6.45, 7) is 6.47. The number of sulfonamides is 1. The number of rotatable bonds is 4. The molecule has 36 heavy (non-hydrogen) atoms. The molecule has 0 bridgehead atoms. The van der Waals surface area contributed by atoms with Crippen molar-refractivity contribution in [3.63, 3.8) is 0 Å². The maximum absolute atomic E-state index is 12.7. The van der Waals surface area contributed by atoms with E-state index in [4.69, 9.17) is 15.5 Å². The lowest BCUT2D eigenvalue weighted by molar-refractivity contribution is 0.310. The van der Waals surface area contributed by atoms with Gasteiger partial charge in [0.2, 0.25) is 10.0 Å². The van der Waals surface area contributed by atoms with Crippen LogP contribution in [0.15, 0.2) is 41.7 Å². The van der Waals surface area contributed by atoms with E-state index >= 15 is 0 Å². The van der Waals surface area contributed by atoms with Crippen molar-refractivity contribution in [2.75, 3.05) is 37.9 Å². The molecule has 9 nitrogen and oxygen atoms in total. The standard InChI is InChI=1S/C26H32N6O3S/c1-26(2)8-7-21-20(13-26)25(30-16-29-21)32-9-10-35-22-6-5-17(11-19(22)15-32)18-12-23(24(27)28-14-18)36(33,34)31(3)4/h5-6,11-12,14,16H,7-10,13,15H2,1-4H3,(H2,27,28). The predicted octanol–water partition coefficient (Wildman–Crippen LogP) is 3.29. The van der Waals surface area contributed by atoms with E-state index < -0.39 is 10.0 Å². The van der Waals surface area contributed by atoms with Gasteiger partial charge in [0.1, 0.15) is 35.2 Å². The van der Waals surface area contributed by atoms with Gasteiger partial charge in [-0.15, -0.1) is 0 Å². The van der Waals surface area contributed by atoms with Gasteiger partial charge in [0.15, 0.2) is 0 Å². The van der Waals surface area contributed by atoms with Crippen molar-refractivity contribution >= 4 is 21.7 Å². The van der Waals surface area contributed by atoms with E-state index in [1.807, 2.05) is 18.2 Å². The van der Waals surface area contributed by atoms with Crippen LogP contribution in [0.2, 0.25) is 0 Å². The highest BCUT2D eigenvalue weighted by Gasteiger charge is 2.31. The molecule has 2 N–H and O–H groups in total. The maximum Gasteiger partial charge on any atom is 0.246 e. The van der Waals surface area contributed by atoms with Crippen LogP contribution in [0.3, 0.4) is 0 Å². The molecule has 0 unspecified atom stereocenters. The summed E-state index contributed by atoms with van der Waals surface area (Å²) in [5.74, 6) is 1.77.